The molecule has 0 aliphatic heterocycles. The summed E-state index contributed by atoms with van der Waals surface area (Å²) in [5.41, 5.74) is 3.19. The Hall–Kier alpha value is -2.40. The number of ether oxygens (including phenoxy) is 2. The number of fused-ring (bicyclic) bond motifs is 5. The molecule has 1 aromatic carbocycles. The average molecular weight is 520 g/mol. The lowest BCUT2D eigenvalue weighted by Gasteiger charge is -2.56. The number of likely N-dealkylation sites (N-methyl/N-ethyl adjacent to an activating group) is 1. The molecular weight excluding hydrogens is 474 g/mol. The molecule has 5 atom stereocenters. The van der Waals surface area contributed by atoms with Gasteiger partial charge in [0.1, 0.15) is 6.61 Å². The van der Waals surface area contributed by atoms with Gasteiger partial charge in [0.25, 0.3) is 0 Å². The predicted molar refractivity (Wildman–Crippen MR) is 151 cm³/mol. The Labute approximate surface area is 228 Å². The van der Waals surface area contributed by atoms with Crippen LogP contribution in [0.15, 0.2) is 35.4 Å². The maximum absolute atomic E-state index is 13.8. The first-order valence-electron chi connectivity index (χ1n) is 14.8. The van der Waals surface area contributed by atoms with Crippen molar-refractivity contribution in [3.8, 4) is 11.5 Å². The number of benzene rings is 1. The summed E-state index contributed by atoms with van der Waals surface area (Å²) in [7, 11) is 1.67. The SMILES string of the molecule is CCN(CC)CCOc1ccc(/C=C2\CC3C4CCC5=CC(=O)CC[C@]5(C)C4CC[C@]3(C)C2=O)cc1OC. The molecule has 4 aliphatic rings. The van der Waals surface area contributed by atoms with E-state index in [2.05, 4.69) is 38.7 Å². The molecule has 206 valence electrons. The van der Waals surface area contributed by atoms with Gasteiger partial charge in [-0.1, -0.05) is 39.3 Å². The topological polar surface area (TPSA) is 55.8 Å². The van der Waals surface area contributed by atoms with Gasteiger partial charge in [-0.25, -0.2) is 0 Å². The van der Waals surface area contributed by atoms with Crippen LogP contribution in [0.2, 0.25) is 0 Å². The molecule has 1 aromatic rings. The predicted octanol–water partition coefficient (Wildman–Crippen LogP) is 6.51. The maximum atomic E-state index is 13.8. The van der Waals surface area contributed by atoms with Gasteiger partial charge in [-0.3, -0.25) is 9.59 Å². The Morgan fingerprint density at radius 3 is 2.53 bits per heavy atom. The van der Waals surface area contributed by atoms with Crippen molar-refractivity contribution in [3.05, 3.63) is 41.0 Å². The van der Waals surface area contributed by atoms with Crippen LogP contribution < -0.4 is 9.47 Å². The van der Waals surface area contributed by atoms with Crippen molar-refractivity contribution in [2.75, 3.05) is 33.4 Å². The van der Waals surface area contributed by atoms with Crippen LogP contribution in [-0.2, 0) is 9.59 Å². The third kappa shape index (κ3) is 4.65. The summed E-state index contributed by atoms with van der Waals surface area (Å²) in [5, 5.41) is 0. The summed E-state index contributed by atoms with van der Waals surface area (Å²) in [4.78, 5) is 28.3. The van der Waals surface area contributed by atoms with E-state index in [0.29, 0.717) is 48.1 Å². The van der Waals surface area contributed by atoms with E-state index in [9.17, 15) is 9.59 Å². The van der Waals surface area contributed by atoms with Gasteiger partial charge in [0.15, 0.2) is 23.1 Å². The van der Waals surface area contributed by atoms with Gasteiger partial charge in [-0.05, 0) is 110 Å². The van der Waals surface area contributed by atoms with Crippen LogP contribution in [0.3, 0.4) is 0 Å². The van der Waals surface area contributed by atoms with E-state index in [4.69, 9.17) is 9.47 Å². The molecule has 0 radical (unpaired) electrons. The van der Waals surface area contributed by atoms with Crippen molar-refractivity contribution in [3.63, 3.8) is 0 Å². The van der Waals surface area contributed by atoms with Crippen LogP contribution in [0.1, 0.15) is 78.2 Å². The second-order valence-electron chi connectivity index (χ2n) is 12.4. The zero-order valence-corrected chi connectivity index (χ0v) is 24.0. The summed E-state index contributed by atoms with van der Waals surface area (Å²) in [5.74, 6) is 3.61. The monoisotopic (exact) mass is 519 g/mol. The summed E-state index contributed by atoms with van der Waals surface area (Å²) >= 11 is 0. The molecule has 0 amide bonds. The lowest BCUT2D eigenvalue weighted by atomic mass is 9.47. The van der Waals surface area contributed by atoms with Gasteiger partial charge in [-0.15, -0.1) is 0 Å². The van der Waals surface area contributed by atoms with Crippen molar-refractivity contribution in [2.24, 2.45) is 28.6 Å². The number of Topliss-reactive ketones (excluding diaryl/α,β-unsaturated/α-hetero) is 1. The van der Waals surface area contributed by atoms with E-state index in [0.717, 1.165) is 75.0 Å². The van der Waals surface area contributed by atoms with E-state index in [1.54, 1.807) is 7.11 Å². The Kier molecular flexibility index (Phi) is 7.61. The summed E-state index contributed by atoms with van der Waals surface area (Å²) in [6.07, 6.45) is 10.7. The number of hydrogen-bond acceptors (Lipinski definition) is 5. The number of rotatable bonds is 8. The van der Waals surface area contributed by atoms with Crippen molar-refractivity contribution >= 4 is 17.6 Å². The van der Waals surface area contributed by atoms with E-state index in [1.165, 1.54) is 5.57 Å². The van der Waals surface area contributed by atoms with Crippen LogP contribution in [0.4, 0.5) is 0 Å². The lowest BCUT2D eigenvalue weighted by molar-refractivity contribution is -0.130. The lowest BCUT2D eigenvalue weighted by Crippen LogP contribution is -2.50. The highest BCUT2D eigenvalue weighted by Crippen LogP contribution is 2.65. The summed E-state index contributed by atoms with van der Waals surface area (Å²) < 4.78 is 11.7. The fourth-order valence-corrected chi connectivity index (χ4v) is 8.28. The third-order valence-corrected chi connectivity index (χ3v) is 10.7. The molecule has 3 unspecified atom stereocenters. The number of carbonyl (C=O) groups is 2. The molecule has 0 aromatic heterocycles. The van der Waals surface area contributed by atoms with E-state index in [-0.39, 0.29) is 10.8 Å². The molecule has 38 heavy (non-hydrogen) atoms. The minimum absolute atomic E-state index is 0.127. The Balaban J connectivity index is 1.34. The maximum Gasteiger partial charge on any atom is 0.165 e. The first-order valence-corrected chi connectivity index (χ1v) is 14.8. The molecule has 0 N–H and O–H groups in total. The molecule has 3 saturated carbocycles. The molecule has 5 heteroatoms. The minimum atomic E-state index is -0.271. The van der Waals surface area contributed by atoms with E-state index in [1.807, 2.05) is 24.3 Å². The molecule has 0 heterocycles. The number of ketones is 2. The summed E-state index contributed by atoms with van der Waals surface area (Å²) in [6.45, 7) is 12.5. The van der Waals surface area contributed by atoms with Gasteiger partial charge in [0.2, 0.25) is 0 Å². The molecular formula is C33H45NO4. The third-order valence-electron chi connectivity index (χ3n) is 10.7. The van der Waals surface area contributed by atoms with Gasteiger partial charge < -0.3 is 14.4 Å². The van der Waals surface area contributed by atoms with Gasteiger partial charge >= 0.3 is 0 Å². The van der Waals surface area contributed by atoms with Crippen LogP contribution in [0.5, 0.6) is 11.5 Å². The minimum Gasteiger partial charge on any atom is -0.493 e. The second kappa shape index (κ2) is 10.6. The van der Waals surface area contributed by atoms with Crippen LogP contribution >= 0.6 is 0 Å². The van der Waals surface area contributed by atoms with Crippen LogP contribution in [-0.4, -0.2) is 49.8 Å². The molecule has 0 spiro atoms. The van der Waals surface area contributed by atoms with Crippen LogP contribution in [0.25, 0.3) is 6.08 Å². The number of allylic oxidation sites excluding steroid dienone is 2. The number of nitrogens with zero attached hydrogens (tertiary/aromatic N) is 1. The van der Waals surface area contributed by atoms with Crippen molar-refractivity contribution in [2.45, 2.75) is 72.6 Å². The van der Waals surface area contributed by atoms with E-state index >= 15 is 0 Å². The number of methoxy groups -OCH3 is 1. The molecule has 3 fully saturated rings. The van der Waals surface area contributed by atoms with Gasteiger partial charge in [0, 0.05) is 18.4 Å². The standard InChI is InChI=1S/C33H45NO4/c1-6-34(7-2)16-17-38-29-11-8-22(19-30(29)37-5)18-23-20-28-26-10-9-24-21-25(35)12-14-32(24,3)27(26)13-15-33(28,4)31(23)36/h8,11,18-19,21,26-28H,6-7,9-10,12-17,20H2,1-5H3/b23-18+/t26?,27?,28?,32-,33-/m0/s1. The zero-order valence-electron chi connectivity index (χ0n) is 24.0. The smallest absolute Gasteiger partial charge is 0.165 e. The zero-order chi connectivity index (χ0) is 27.1. The molecule has 5 nitrogen and oxygen atoms in total. The molecule has 4 aliphatic carbocycles. The Morgan fingerprint density at radius 1 is 1.00 bits per heavy atom. The van der Waals surface area contributed by atoms with Crippen molar-refractivity contribution in [1.29, 1.82) is 0 Å². The number of carbonyl (C=O) groups excluding carboxylic acids is 2. The summed E-state index contributed by atoms with van der Waals surface area (Å²) in [6, 6.07) is 6.01. The highest BCUT2D eigenvalue weighted by molar-refractivity contribution is 6.06. The normalized spacial score (nSPS) is 33.6. The first kappa shape index (κ1) is 27.2. The van der Waals surface area contributed by atoms with Crippen LogP contribution in [0, 0.1) is 28.6 Å². The first-order chi connectivity index (χ1) is 18.2. The van der Waals surface area contributed by atoms with Gasteiger partial charge in [0.05, 0.1) is 7.11 Å². The number of hydrogen-bond donors (Lipinski definition) is 0. The second-order valence-corrected chi connectivity index (χ2v) is 12.4. The fraction of sp³-hybridized carbons (Fsp3) is 0.636. The largest absolute Gasteiger partial charge is 0.493 e. The fourth-order valence-electron chi connectivity index (χ4n) is 8.28. The van der Waals surface area contributed by atoms with E-state index < -0.39 is 0 Å². The van der Waals surface area contributed by atoms with Crippen molar-refractivity contribution in [1.82, 2.24) is 4.90 Å². The Bertz CT molecular complexity index is 1150. The quantitative estimate of drug-likeness (QED) is 0.367. The molecule has 0 saturated heterocycles. The average Bonchev–Trinajstić information content (AvgIpc) is 3.17. The van der Waals surface area contributed by atoms with Gasteiger partial charge in [-0.2, -0.15) is 0 Å². The molecule has 0 bridgehead atoms. The highest BCUT2D eigenvalue weighted by atomic mass is 16.5. The Morgan fingerprint density at radius 2 is 1.79 bits per heavy atom. The highest BCUT2D eigenvalue weighted by Gasteiger charge is 2.60. The van der Waals surface area contributed by atoms with Crippen molar-refractivity contribution < 1.29 is 19.1 Å². The molecule has 5 rings (SSSR count).